The van der Waals surface area contributed by atoms with Crippen molar-refractivity contribution in [2.24, 2.45) is 0 Å². The summed E-state index contributed by atoms with van der Waals surface area (Å²) in [4.78, 5) is 4.22. The van der Waals surface area contributed by atoms with Gasteiger partial charge in [-0.25, -0.2) is 0 Å². The second-order valence-electron chi connectivity index (χ2n) is 5.60. The van der Waals surface area contributed by atoms with Crippen molar-refractivity contribution in [3.05, 3.63) is 35.7 Å². The summed E-state index contributed by atoms with van der Waals surface area (Å²) in [6.07, 6.45) is 7.14. The Hall–Kier alpha value is -1.15. The van der Waals surface area contributed by atoms with Crippen molar-refractivity contribution < 1.29 is 0 Å². The van der Waals surface area contributed by atoms with Crippen molar-refractivity contribution in [2.75, 3.05) is 6.54 Å². The third kappa shape index (κ3) is 5.64. The van der Waals surface area contributed by atoms with Gasteiger partial charge in [0.2, 0.25) is 0 Å². The number of nitrogens with one attached hydrogen (secondary N) is 1. The summed E-state index contributed by atoms with van der Waals surface area (Å²) in [6.45, 7) is 11.8. The van der Waals surface area contributed by atoms with Gasteiger partial charge in [0.25, 0.3) is 0 Å². The van der Waals surface area contributed by atoms with Crippen LogP contribution in [0.3, 0.4) is 0 Å². The van der Waals surface area contributed by atoms with Crippen molar-refractivity contribution in [3.8, 4) is 0 Å². The summed E-state index contributed by atoms with van der Waals surface area (Å²) in [7, 11) is 0. The zero-order valence-corrected chi connectivity index (χ0v) is 11.7. The molecule has 0 spiro atoms. The number of hydrogen-bond acceptors (Lipinski definition) is 2. The Morgan fingerprint density at radius 3 is 2.65 bits per heavy atom. The molecule has 94 valence electrons. The molecule has 2 nitrogen and oxygen atoms in total. The van der Waals surface area contributed by atoms with Gasteiger partial charge >= 0.3 is 0 Å². The highest BCUT2D eigenvalue weighted by Crippen LogP contribution is 2.14. The predicted molar refractivity (Wildman–Crippen MR) is 75.0 cm³/mol. The van der Waals surface area contributed by atoms with Crippen LogP contribution in [-0.4, -0.2) is 17.1 Å². The van der Waals surface area contributed by atoms with Crippen LogP contribution >= 0.6 is 0 Å². The van der Waals surface area contributed by atoms with E-state index in [2.05, 4.69) is 57.1 Å². The Kier molecular flexibility index (Phi) is 4.88. The van der Waals surface area contributed by atoms with E-state index in [0.717, 1.165) is 13.0 Å². The molecule has 0 aliphatic rings. The fraction of sp³-hybridized carbons (Fsp3) is 0.533. The summed E-state index contributed by atoms with van der Waals surface area (Å²) >= 11 is 0. The van der Waals surface area contributed by atoms with Gasteiger partial charge in [0.15, 0.2) is 0 Å². The lowest BCUT2D eigenvalue weighted by Crippen LogP contribution is -2.36. The summed E-state index contributed by atoms with van der Waals surface area (Å²) in [6, 6.07) is 2.18. The monoisotopic (exact) mass is 232 g/mol. The number of hydrogen-bond donors (Lipinski definition) is 1. The molecule has 0 aliphatic carbocycles. The average molecular weight is 232 g/mol. The number of aromatic nitrogens is 1. The van der Waals surface area contributed by atoms with E-state index in [9.17, 15) is 0 Å². The SMILES string of the molecule is C/C(=C/CCNC(C)(C)C)c1cncc(C)c1. The molecule has 1 aromatic heterocycles. The van der Waals surface area contributed by atoms with Crippen molar-refractivity contribution in [2.45, 2.75) is 46.6 Å². The third-order valence-electron chi connectivity index (χ3n) is 2.58. The first-order valence-corrected chi connectivity index (χ1v) is 6.22. The van der Waals surface area contributed by atoms with Gasteiger partial charge in [0.05, 0.1) is 0 Å². The van der Waals surface area contributed by atoms with Gasteiger partial charge in [-0.05, 0) is 70.4 Å². The van der Waals surface area contributed by atoms with Crippen LogP contribution in [0.25, 0.3) is 5.57 Å². The first kappa shape index (κ1) is 13.9. The van der Waals surface area contributed by atoms with Crippen molar-refractivity contribution in [3.63, 3.8) is 0 Å². The molecule has 0 aromatic carbocycles. The average Bonchev–Trinajstić information content (AvgIpc) is 2.23. The molecule has 0 unspecified atom stereocenters. The molecule has 1 rings (SSSR count). The Balaban J connectivity index is 2.50. The molecule has 1 N–H and O–H groups in total. The first-order chi connectivity index (χ1) is 7.88. The molecule has 0 bridgehead atoms. The molecule has 0 aliphatic heterocycles. The summed E-state index contributed by atoms with van der Waals surface area (Å²) in [5, 5.41) is 3.48. The Morgan fingerprint density at radius 1 is 1.35 bits per heavy atom. The van der Waals surface area contributed by atoms with E-state index in [4.69, 9.17) is 0 Å². The topological polar surface area (TPSA) is 24.9 Å². The first-order valence-electron chi connectivity index (χ1n) is 6.22. The molecular weight excluding hydrogens is 208 g/mol. The molecule has 1 heterocycles. The summed E-state index contributed by atoms with van der Waals surface area (Å²) < 4.78 is 0. The molecule has 0 radical (unpaired) electrons. The molecule has 1 aromatic rings. The van der Waals surface area contributed by atoms with Crippen LogP contribution in [-0.2, 0) is 0 Å². The number of pyridine rings is 1. The van der Waals surface area contributed by atoms with Crippen LogP contribution in [0, 0.1) is 6.92 Å². The minimum absolute atomic E-state index is 0.201. The van der Waals surface area contributed by atoms with E-state index < -0.39 is 0 Å². The lowest BCUT2D eigenvalue weighted by Gasteiger charge is -2.19. The maximum Gasteiger partial charge on any atom is 0.0343 e. The molecule has 0 amide bonds. The zero-order chi connectivity index (χ0) is 12.9. The van der Waals surface area contributed by atoms with Gasteiger partial charge < -0.3 is 5.32 Å². The molecule has 0 saturated carbocycles. The minimum atomic E-state index is 0.201. The highest BCUT2D eigenvalue weighted by atomic mass is 14.9. The van der Waals surface area contributed by atoms with Crippen molar-refractivity contribution >= 4 is 5.57 Å². The third-order valence-corrected chi connectivity index (χ3v) is 2.58. The maximum atomic E-state index is 4.22. The number of rotatable bonds is 4. The van der Waals surface area contributed by atoms with Crippen LogP contribution in [0.4, 0.5) is 0 Å². The lowest BCUT2D eigenvalue weighted by atomic mass is 10.1. The van der Waals surface area contributed by atoms with E-state index >= 15 is 0 Å². The quantitative estimate of drug-likeness (QED) is 0.803. The normalized spacial score (nSPS) is 12.9. The van der Waals surface area contributed by atoms with Gasteiger partial charge in [-0.1, -0.05) is 6.08 Å². The van der Waals surface area contributed by atoms with Crippen molar-refractivity contribution in [1.82, 2.24) is 10.3 Å². The van der Waals surface area contributed by atoms with Gasteiger partial charge in [-0.15, -0.1) is 0 Å². The summed E-state index contributed by atoms with van der Waals surface area (Å²) in [5.74, 6) is 0. The largest absolute Gasteiger partial charge is 0.312 e. The molecular formula is C15H24N2. The van der Waals surface area contributed by atoms with Gasteiger partial charge in [-0.3, -0.25) is 4.98 Å². The van der Waals surface area contributed by atoms with Gasteiger partial charge in [0, 0.05) is 17.9 Å². The highest BCUT2D eigenvalue weighted by molar-refractivity contribution is 5.63. The smallest absolute Gasteiger partial charge is 0.0343 e. The van der Waals surface area contributed by atoms with E-state index in [1.807, 2.05) is 12.4 Å². The van der Waals surface area contributed by atoms with E-state index in [0.29, 0.717) is 0 Å². The Bertz CT molecular complexity index is 386. The van der Waals surface area contributed by atoms with E-state index in [1.165, 1.54) is 16.7 Å². The highest BCUT2D eigenvalue weighted by Gasteiger charge is 2.06. The molecule has 17 heavy (non-hydrogen) atoms. The standard InChI is InChI=1S/C15H24N2/c1-12-9-14(11-16-10-12)13(2)7-6-8-17-15(3,4)5/h7,9-11,17H,6,8H2,1-5H3/b13-7-. The van der Waals surface area contributed by atoms with E-state index in [-0.39, 0.29) is 5.54 Å². The lowest BCUT2D eigenvalue weighted by molar-refractivity contribution is 0.431. The maximum absolute atomic E-state index is 4.22. The van der Waals surface area contributed by atoms with Crippen LogP contribution in [0.2, 0.25) is 0 Å². The second kappa shape index (κ2) is 5.97. The fourth-order valence-electron chi connectivity index (χ4n) is 1.62. The second-order valence-corrected chi connectivity index (χ2v) is 5.60. The molecule has 0 fully saturated rings. The Labute approximate surface area is 105 Å². The minimum Gasteiger partial charge on any atom is -0.312 e. The van der Waals surface area contributed by atoms with Crippen LogP contribution in [0.5, 0.6) is 0 Å². The zero-order valence-electron chi connectivity index (χ0n) is 11.7. The van der Waals surface area contributed by atoms with E-state index in [1.54, 1.807) is 0 Å². The number of allylic oxidation sites excluding steroid dienone is 1. The van der Waals surface area contributed by atoms with Crippen LogP contribution < -0.4 is 5.32 Å². The molecule has 0 atom stereocenters. The number of nitrogens with zero attached hydrogens (tertiary/aromatic N) is 1. The molecule has 0 saturated heterocycles. The van der Waals surface area contributed by atoms with Gasteiger partial charge in [0.1, 0.15) is 0 Å². The van der Waals surface area contributed by atoms with Crippen molar-refractivity contribution in [1.29, 1.82) is 0 Å². The Morgan fingerprint density at radius 2 is 2.06 bits per heavy atom. The summed E-state index contributed by atoms with van der Waals surface area (Å²) in [5.41, 5.74) is 3.94. The van der Waals surface area contributed by atoms with Crippen LogP contribution in [0.15, 0.2) is 24.5 Å². The number of aryl methyl sites for hydroxylation is 1. The fourth-order valence-corrected chi connectivity index (χ4v) is 1.62. The van der Waals surface area contributed by atoms with Gasteiger partial charge in [-0.2, -0.15) is 0 Å². The molecule has 2 heteroatoms. The van der Waals surface area contributed by atoms with Crippen LogP contribution in [0.1, 0.15) is 45.2 Å². The predicted octanol–water partition coefficient (Wildman–Crippen LogP) is 3.57.